The minimum absolute atomic E-state index is 0.0861. The van der Waals surface area contributed by atoms with Crippen LogP contribution in [0.25, 0.3) is 23.6 Å². The molecule has 0 aliphatic carbocycles. The van der Waals surface area contributed by atoms with E-state index in [1.54, 1.807) is 30.3 Å². The van der Waals surface area contributed by atoms with E-state index in [0.717, 1.165) is 16.7 Å². The molecule has 4 aromatic carbocycles. The Kier molecular flexibility index (Phi) is 7.04. The van der Waals surface area contributed by atoms with Crippen LogP contribution in [0.5, 0.6) is 17.2 Å². The Labute approximate surface area is 209 Å². The van der Waals surface area contributed by atoms with E-state index in [1.807, 2.05) is 84.9 Å². The van der Waals surface area contributed by atoms with Crippen LogP contribution < -0.4 is 9.47 Å². The van der Waals surface area contributed by atoms with Gasteiger partial charge in [-0.2, -0.15) is 4.98 Å². The van der Waals surface area contributed by atoms with Crippen LogP contribution in [0.3, 0.4) is 0 Å². The van der Waals surface area contributed by atoms with Crippen molar-refractivity contribution in [1.82, 2.24) is 10.1 Å². The van der Waals surface area contributed by atoms with Gasteiger partial charge in [0.25, 0.3) is 5.89 Å². The number of phenolic OH excluding ortho intramolecular Hbond substituents is 1. The Hall–Kier alpha value is -4.84. The summed E-state index contributed by atoms with van der Waals surface area (Å²) in [5.41, 5.74) is 3.52. The van der Waals surface area contributed by atoms with Gasteiger partial charge in [0.05, 0.1) is 5.56 Å². The highest BCUT2D eigenvalue weighted by atomic mass is 16.5. The number of ether oxygens (including phenoxy) is 2. The fourth-order valence-electron chi connectivity index (χ4n) is 3.57. The zero-order valence-electron chi connectivity index (χ0n) is 19.5. The van der Waals surface area contributed by atoms with Crippen LogP contribution in [0.15, 0.2) is 108 Å². The third-order valence-corrected chi connectivity index (χ3v) is 5.44. The summed E-state index contributed by atoms with van der Waals surface area (Å²) in [5, 5.41) is 14.0. The lowest BCUT2D eigenvalue weighted by atomic mass is 10.1. The number of aromatic nitrogens is 2. The van der Waals surface area contributed by atoms with E-state index < -0.39 is 0 Å². The first kappa shape index (κ1) is 22.9. The number of aromatic hydroxyl groups is 1. The van der Waals surface area contributed by atoms with Gasteiger partial charge in [-0.15, -0.1) is 0 Å². The summed E-state index contributed by atoms with van der Waals surface area (Å²) in [5.74, 6) is 2.03. The molecule has 0 amide bonds. The van der Waals surface area contributed by atoms with Gasteiger partial charge >= 0.3 is 0 Å². The lowest BCUT2D eigenvalue weighted by Gasteiger charge is -2.14. The van der Waals surface area contributed by atoms with Gasteiger partial charge in [-0.05, 0) is 47.0 Å². The Bertz CT molecular complexity index is 1450. The van der Waals surface area contributed by atoms with Crippen molar-refractivity contribution in [2.75, 3.05) is 0 Å². The van der Waals surface area contributed by atoms with E-state index in [0.29, 0.717) is 36.1 Å². The standard InChI is InChI=1S/C30H24N2O4/c33-26-14-8-7-13-25(26)30-31-29(32-36-30)18-16-22-15-17-27(34-20-23-9-3-1-4-10-23)28(19-22)35-21-24-11-5-2-6-12-24/h1-19,33H,20-21H2/b18-16+. The van der Waals surface area contributed by atoms with Crippen molar-refractivity contribution in [3.05, 3.63) is 126 Å². The Morgan fingerprint density at radius 1 is 0.694 bits per heavy atom. The van der Waals surface area contributed by atoms with Crippen LogP contribution in [0.1, 0.15) is 22.5 Å². The smallest absolute Gasteiger partial charge is 0.261 e. The summed E-state index contributed by atoms with van der Waals surface area (Å²) in [4.78, 5) is 4.35. The van der Waals surface area contributed by atoms with Gasteiger partial charge < -0.3 is 19.1 Å². The third-order valence-electron chi connectivity index (χ3n) is 5.44. The highest BCUT2D eigenvalue weighted by Gasteiger charge is 2.11. The fraction of sp³-hybridized carbons (Fsp3) is 0.0667. The largest absolute Gasteiger partial charge is 0.507 e. The number of para-hydroxylation sites is 1. The molecule has 0 saturated heterocycles. The molecule has 0 radical (unpaired) electrons. The highest BCUT2D eigenvalue weighted by molar-refractivity contribution is 5.69. The molecule has 1 aromatic heterocycles. The Balaban J connectivity index is 1.34. The van der Waals surface area contributed by atoms with E-state index >= 15 is 0 Å². The second-order valence-electron chi connectivity index (χ2n) is 8.06. The first-order valence-electron chi connectivity index (χ1n) is 11.5. The summed E-state index contributed by atoms with van der Waals surface area (Å²) >= 11 is 0. The van der Waals surface area contributed by atoms with Gasteiger partial charge in [0.15, 0.2) is 17.3 Å². The summed E-state index contributed by atoms with van der Waals surface area (Å²) in [6.07, 6.45) is 3.61. The molecule has 0 unspecified atom stereocenters. The van der Waals surface area contributed by atoms with Gasteiger partial charge in [-0.25, -0.2) is 0 Å². The van der Waals surface area contributed by atoms with Crippen molar-refractivity contribution in [1.29, 1.82) is 0 Å². The van der Waals surface area contributed by atoms with E-state index in [4.69, 9.17) is 14.0 Å². The Morgan fingerprint density at radius 2 is 1.33 bits per heavy atom. The topological polar surface area (TPSA) is 77.6 Å². The normalized spacial score (nSPS) is 11.0. The molecule has 1 N–H and O–H groups in total. The minimum atomic E-state index is 0.0861. The van der Waals surface area contributed by atoms with Crippen molar-refractivity contribution in [3.8, 4) is 28.7 Å². The van der Waals surface area contributed by atoms with E-state index in [9.17, 15) is 5.11 Å². The maximum atomic E-state index is 10.0. The summed E-state index contributed by atoms with van der Waals surface area (Å²) < 4.78 is 17.5. The Morgan fingerprint density at radius 3 is 2.03 bits per heavy atom. The zero-order valence-corrected chi connectivity index (χ0v) is 19.5. The molecule has 178 valence electrons. The first-order valence-corrected chi connectivity index (χ1v) is 11.5. The highest BCUT2D eigenvalue weighted by Crippen LogP contribution is 2.31. The third kappa shape index (κ3) is 5.80. The van der Waals surface area contributed by atoms with Crippen molar-refractivity contribution < 1.29 is 19.1 Å². The maximum Gasteiger partial charge on any atom is 0.261 e. The number of benzene rings is 4. The van der Waals surface area contributed by atoms with Gasteiger partial charge in [0.2, 0.25) is 0 Å². The zero-order chi connectivity index (χ0) is 24.6. The predicted molar refractivity (Wildman–Crippen MR) is 138 cm³/mol. The number of hydrogen-bond acceptors (Lipinski definition) is 6. The average molecular weight is 477 g/mol. The quantitative estimate of drug-likeness (QED) is 0.253. The second-order valence-corrected chi connectivity index (χ2v) is 8.06. The molecule has 6 heteroatoms. The van der Waals surface area contributed by atoms with Crippen molar-refractivity contribution in [2.24, 2.45) is 0 Å². The van der Waals surface area contributed by atoms with Gasteiger partial charge in [-0.3, -0.25) is 0 Å². The molecule has 5 aromatic rings. The number of hydrogen-bond donors (Lipinski definition) is 1. The van der Waals surface area contributed by atoms with E-state index in [2.05, 4.69) is 10.1 Å². The molecule has 0 bridgehead atoms. The molecule has 6 nitrogen and oxygen atoms in total. The summed E-state index contributed by atoms with van der Waals surface area (Å²) in [7, 11) is 0. The molecule has 5 rings (SSSR count). The molecule has 0 atom stereocenters. The fourth-order valence-corrected chi connectivity index (χ4v) is 3.57. The van der Waals surface area contributed by atoms with Crippen LogP contribution in [0.4, 0.5) is 0 Å². The summed E-state index contributed by atoms with van der Waals surface area (Å²) in [6.45, 7) is 0.861. The lowest BCUT2D eigenvalue weighted by molar-refractivity contribution is 0.256. The molecule has 0 aliphatic heterocycles. The maximum absolute atomic E-state index is 10.0. The van der Waals surface area contributed by atoms with E-state index in [1.165, 1.54) is 0 Å². The average Bonchev–Trinajstić information content (AvgIpc) is 3.40. The van der Waals surface area contributed by atoms with E-state index in [-0.39, 0.29) is 11.6 Å². The van der Waals surface area contributed by atoms with Gasteiger partial charge in [-0.1, -0.05) is 90.1 Å². The van der Waals surface area contributed by atoms with Crippen molar-refractivity contribution >= 4 is 12.2 Å². The predicted octanol–water partition coefficient (Wildman–Crippen LogP) is 6.77. The first-order chi connectivity index (χ1) is 17.7. The molecule has 1 heterocycles. The SMILES string of the molecule is Oc1ccccc1-c1nc(/C=C/c2ccc(OCc3ccccc3)c(OCc3ccccc3)c2)no1. The van der Waals surface area contributed by atoms with Crippen molar-refractivity contribution in [2.45, 2.75) is 13.2 Å². The molecule has 0 spiro atoms. The van der Waals surface area contributed by atoms with Gasteiger partial charge in [0, 0.05) is 0 Å². The molecule has 36 heavy (non-hydrogen) atoms. The van der Waals surface area contributed by atoms with Crippen molar-refractivity contribution in [3.63, 3.8) is 0 Å². The monoisotopic (exact) mass is 476 g/mol. The van der Waals surface area contributed by atoms with Crippen LogP contribution >= 0.6 is 0 Å². The minimum Gasteiger partial charge on any atom is -0.507 e. The lowest BCUT2D eigenvalue weighted by Crippen LogP contribution is -2.01. The molecule has 0 fully saturated rings. The molecular formula is C30H24N2O4. The molecule has 0 aliphatic rings. The van der Waals surface area contributed by atoms with Crippen LogP contribution in [-0.4, -0.2) is 15.2 Å². The van der Waals surface area contributed by atoms with Crippen LogP contribution in [0.2, 0.25) is 0 Å². The van der Waals surface area contributed by atoms with Crippen LogP contribution in [0, 0.1) is 0 Å². The second kappa shape index (κ2) is 11.1. The molecule has 0 saturated carbocycles. The summed E-state index contributed by atoms with van der Waals surface area (Å²) in [6, 6.07) is 32.6. The molecular weight excluding hydrogens is 452 g/mol. The number of rotatable bonds is 9. The van der Waals surface area contributed by atoms with Crippen LogP contribution in [-0.2, 0) is 13.2 Å². The number of nitrogens with zero attached hydrogens (tertiary/aromatic N) is 2. The van der Waals surface area contributed by atoms with Gasteiger partial charge in [0.1, 0.15) is 19.0 Å². The number of phenols is 1.